The summed E-state index contributed by atoms with van der Waals surface area (Å²) in [5.74, 6) is 1.12. The van der Waals surface area contributed by atoms with Crippen LogP contribution in [0.3, 0.4) is 0 Å². The summed E-state index contributed by atoms with van der Waals surface area (Å²) in [6, 6.07) is 94.6. The molecule has 0 unspecified atom stereocenters. The number of hydrogen-bond acceptors (Lipinski definition) is 5. The van der Waals surface area contributed by atoms with E-state index in [0.717, 1.165) is 12.8 Å². The lowest BCUT2D eigenvalue weighted by Crippen LogP contribution is -2.82. The molecule has 9 aromatic carbocycles. The van der Waals surface area contributed by atoms with E-state index in [9.17, 15) is 0 Å². The third-order valence-corrected chi connectivity index (χ3v) is 77.8. The monoisotopic (exact) mass is 1930 g/mol. The van der Waals surface area contributed by atoms with E-state index in [0.29, 0.717) is 22.7 Å². The first-order valence-electron chi connectivity index (χ1n) is 51.7. The van der Waals surface area contributed by atoms with Gasteiger partial charge in [-0.25, -0.2) is 0 Å². The zero-order chi connectivity index (χ0) is 105. The molecule has 9 rings (SSSR count). The van der Waals surface area contributed by atoms with E-state index in [4.69, 9.17) is 4.11 Å². The second-order valence-electron chi connectivity index (χ2n) is 47.8. The van der Waals surface area contributed by atoms with Crippen LogP contribution in [0.25, 0.3) is 0 Å². The third-order valence-electron chi connectivity index (χ3n) is 31.2. The SMILES string of the molecule is CC(C)c1cccc(C(C)C)c1N(C)C(C)(C)C.CC(c1ccccc1)(c1ccccc1)[Si](C)(C)C.CCC(C)(CC)C(C)(CC)CC.CN(C)[Si](C)(C)C.CN(C)[Si](C)(C)C.CN(c1ccccc1)C(C)(C)C.CN(c1ccccc1)[Si](C)(C)C.C[Si](C)(C)[Si](C)(C)C.C[Si](c1ccccc1)(c1ccccc1)[Si](C)(c1ccccc1)c1ccccc1.[2H]C([2H])([2H])C(C)(C)C(C)(CC)CC. The van der Waals surface area contributed by atoms with Gasteiger partial charge in [-0.15, -0.1) is 0 Å². The first-order chi connectivity index (χ1) is 61.6. The van der Waals surface area contributed by atoms with E-state index < -0.39 is 75.4 Å². The molecule has 740 valence electrons. The smallest absolute Gasteiger partial charge is 0.147 e. The highest BCUT2D eigenvalue weighted by molar-refractivity contribution is 7.59. The lowest BCUT2D eigenvalue weighted by atomic mass is 9.60. The van der Waals surface area contributed by atoms with Crippen molar-refractivity contribution in [2.24, 2.45) is 21.7 Å². The van der Waals surface area contributed by atoms with E-state index in [2.05, 4.69) is 597 Å². The number of benzene rings is 9. The summed E-state index contributed by atoms with van der Waals surface area (Å²) >= 11 is 0. The molecule has 0 heterocycles. The topological polar surface area (TPSA) is 16.2 Å². The van der Waals surface area contributed by atoms with Crippen LogP contribution >= 0.6 is 0 Å². The average Bonchev–Trinajstić information content (AvgIpc) is 0.714. The first kappa shape index (κ1) is 120. The summed E-state index contributed by atoms with van der Waals surface area (Å²) < 4.78 is 29.7. The van der Waals surface area contributed by atoms with Crippen LogP contribution in [0.5, 0.6) is 0 Å². The van der Waals surface area contributed by atoms with Crippen LogP contribution in [-0.4, -0.2) is 133 Å². The zero-order valence-corrected chi connectivity index (χ0v) is 103. The van der Waals surface area contributed by atoms with Crippen molar-refractivity contribution < 1.29 is 4.11 Å². The molecular weight excluding hydrogens is 1720 g/mol. The maximum atomic E-state index is 7.53. The van der Waals surface area contributed by atoms with Gasteiger partial charge < -0.3 is 23.5 Å². The number of rotatable bonds is 24. The van der Waals surface area contributed by atoms with Crippen LogP contribution in [-0.2, 0) is 5.04 Å². The molecule has 0 fully saturated rings. The lowest BCUT2D eigenvalue weighted by molar-refractivity contribution is 0.0500. The summed E-state index contributed by atoms with van der Waals surface area (Å²) in [5, 5.41) is 6.23. The number of para-hydroxylation sites is 3. The molecule has 9 aromatic rings. The summed E-state index contributed by atoms with van der Waals surface area (Å²) in [4.78, 5) is 4.70. The molecule has 0 aliphatic rings. The third kappa shape index (κ3) is 38.4. The van der Waals surface area contributed by atoms with Gasteiger partial charge in [0.15, 0.2) is 0 Å². The highest BCUT2D eigenvalue weighted by Crippen LogP contribution is 2.49. The maximum Gasteiger partial charge on any atom is 0.147 e. The molecule has 132 heavy (non-hydrogen) atoms. The first-order valence-corrected chi connectivity index (χ1v) is 78.0. The molecular formula is C119H207N5Si8. The molecule has 0 spiro atoms. The summed E-state index contributed by atoms with van der Waals surface area (Å²) in [7, 11) is 5.10. The van der Waals surface area contributed by atoms with Gasteiger partial charge in [-0.3, -0.25) is 0 Å². The number of anilines is 3. The minimum absolute atomic E-state index is 0.0990. The fourth-order valence-electron chi connectivity index (χ4n) is 14.8. The second kappa shape index (κ2) is 55.0. The van der Waals surface area contributed by atoms with Gasteiger partial charge in [-0.05, 0) is 157 Å². The van der Waals surface area contributed by atoms with Gasteiger partial charge in [0.1, 0.15) is 39.9 Å². The summed E-state index contributed by atoms with van der Waals surface area (Å²) in [5.41, 5.74) is 10.5. The standard InChI is InChI=1S/C26H26Si2.C17H29N.C17H22Si.C12H26.C11H17N.C10H17NSi.C10H22.C6H18Si2.2C5H15NSi/c1-27(23-15-7-3-8-16-23,24-17-9-4-10-18-24)28(2,25-19-11-5-12-20-25)26-21-13-6-14-22-26;1-12(2)14-10-9-11-15(13(3)4)16(14)18(8)17(5,6)7;1-17(18(2,3)4,15-11-7-5-8-12-15)16-13-9-6-10-14-16;1-7-11(5,8-2)12(6,9-3)10-4;1-11(2,3)12(4)10-8-6-5-7-9-10;1-11(12(2,3)4)10-8-6-5-7-9-10;1-7-10(6,8-2)9(3,4)5;1-7(2,3)8(4,5)6;2*1-6(2)7(3,4)5/h3-22H,1-2H3;9-13H,1-8H3;5-14H,1-4H3;7-10H2,1-6H3;2*5-9H,1-4H3;7-8H2,1-6H3;1-6H3;2*1-5H3/i;;;;;;3D3;;;. The van der Waals surface area contributed by atoms with E-state index in [1.165, 1.54) is 85.7 Å². The molecule has 0 radical (unpaired) electrons. The fourth-order valence-corrected chi connectivity index (χ4v) is 33.1. The minimum atomic E-state index is -2.10. The van der Waals surface area contributed by atoms with E-state index in [1.54, 1.807) is 0 Å². The van der Waals surface area contributed by atoms with Gasteiger partial charge in [0.25, 0.3) is 0 Å². The molecule has 0 aliphatic carbocycles. The van der Waals surface area contributed by atoms with Crippen molar-refractivity contribution in [3.63, 3.8) is 0 Å². The van der Waals surface area contributed by atoms with Crippen LogP contribution in [0.15, 0.2) is 261 Å². The molecule has 0 aliphatic heterocycles. The molecule has 0 N–H and O–H groups in total. The van der Waals surface area contributed by atoms with Crippen molar-refractivity contribution in [2.75, 3.05) is 63.7 Å². The van der Waals surface area contributed by atoms with Crippen molar-refractivity contribution in [2.45, 2.75) is 357 Å². The Morgan fingerprint density at radius 1 is 0.273 bits per heavy atom. The van der Waals surface area contributed by atoms with E-state index in [-0.39, 0.29) is 21.5 Å². The molecule has 0 amide bonds. The van der Waals surface area contributed by atoms with Gasteiger partial charge in [0.05, 0.1) is 8.07 Å². The summed E-state index contributed by atoms with van der Waals surface area (Å²) in [6.07, 6.45) is 7.05. The molecule has 0 bridgehead atoms. The van der Waals surface area contributed by atoms with Crippen molar-refractivity contribution in [1.29, 1.82) is 0 Å². The predicted octanol–water partition coefficient (Wildman–Crippen LogP) is 33.8. The zero-order valence-electron chi connectivity index (χ0n) is 98.0. The van der Waals surface area contributed by atoms with Crippen LogP contribution in [0.1, 0.15) is 236 Å². The Balaban J connectivity index is 0.00000152. The fraction of sp³-hybridized carbons (Fsp3) is 0.546. The molecule has 0 saturated heterocycles. The highest BCUT2D eigenvalue weighted by Gasteiger charge is 2.53. The van der Waals surface area contributed by atoms with Gasteiger partial charge in [-0.2, -0.15) is 0 Å². The largest absolute Gasteiger partial charge is 0.401 e. The quantitative estimate of drug-likeness (QED) is 0.0559. The lowest BCUT2D eigenvalue weighted by Gasteiger charge is -2.45. The average molecular weight is 1940 g/mol. The Kier molecular flexibility index (Phi) is 50.1. The Bertz CT molecular complexity index is 4290. The highest BCUT2D eigenvalue weighted by atomic mass is 29.3. The van der Waals surface area contributed by atoms with Crippen LogP contribution in [0.2, 0.25) is 131 Å². The van der Waals surface area contributed by atoms with E-state index >= 15 is 0 Å². The molecule has 0 saturated carbocycles. The van der Waals surface area contributed by atoms with Crippen molar-refractivity contribution in [1.82, 2.24) is 9.13 Å². The van der Waals surface area contributed by atoms with Crippen LogP contribution in [0.4, 0.5) is 17.1 Å². The Morgan fingerprint density at radius 2 is 0.492 bits per heavy atom. The van der Waals surface area contributed by atoms with Gasteiger partial charge >= 0.3 is 0 Å². The van der Waals surface area contributed by atoms with Crippen molar-refractivity contribution >= 4 is 101 Å². The predicted molar refractivity (Wildman–Crippen MR) is 632 cm³/mol. The maximum absolute atomic E-state index is 7.53. The van der Waals surface area contributed by atoms with Gasteiger partial charge in [-0.1, -0.05) is 544 Å². The normalized spacial score (nSPS) is 12.9. The number of nitrogens with zero attached hydrogens (tertiary/aromatic N) is 5. The molecule has 5 nitrogen and oxygen atoms in total. The van der Waals surface area contributed by atoms with Crippen molar-refractivity contribution in [3.8, 4) is 0 Å². The molecule has 13 heteroatoms. The Labute approximate surface area is 833 Å². The minimum Gasteiger partial charge on any atom is -0.401 e. The molecule has 0 aromatic heterocycles. The second-order valence-corrected chi connectivity index (χ2v) is 99.6. The van der Waals surface area contributed by atoms with E-state index in [1.807, 2.05) is 19.9 Å². The van der Waals surface area contributed by atoms with Crippen LogP contribution < -0.4 is 35.1 Å². The van der Waals surface area contributed by atoms with Crippen LogP contribution in [0, 0.1) is 21.7 Å². The van der Waals surface area contributed by atoms with Gasteiger partial charge in [0.2, 0.25) is 0 Å². The van der Waals surface area contributed by atoms with Crippen molar-refractivity contribution in [3.05, 3.63) is 283 Å². The van der Waals surface area contributed by atoms with Gasteiger partial charge in [0, 0.05) is 66.6 Å². The molecule has 0 atom stereocenters. The number of hydrogen-bond donors (Lipinski definition) is 0. The summed E-state index contributed by atoms with van der Waals surface area (Å²) in [6.45, 7) is 95.6. The Morgan fingerprint density at radius 3 is 0.667 bits per heavy atom. The Hall–Kier alpha value is -5.96.